The van der Waals surface area contributed by atoms with Gasteiger partial charge in [0, 0.05) is 11.7 Å². The highest BCUT2D eigenvalue weighted by molar-refractivity contribution is 5.94. The van der Waals surface area contributed by atoms with E-state index in [0.717, 1.165) is 12.5 Å². The molecule has 0 amide bonds. The number of carbonyl (C=O) groups is 1. The van der Waals surface area contributed by atoms with Gasteiger partial charge in [-0.1, -0.05) is 6.92 Å². The standard InChI is InChI=1S/C12H12F3NO2/c1-6-4-10(6)16-9-3-2-7(12(13,14)15)5-8(9)11(17)18/h2-3,5-6,10,16H,4H2,1H3,(H,17,18). The number of benzene rings is 1. The molecule has 1 aliphatic carbocycles. The van der Waals surface area contributed by atoms with Crippen molar-refractivity contribution in [3.63, 3.8) is 0 Å². The summed E-state index contributed by atoms with van der Waals surface area (Å²) in [5.41, 5.74) is -1.05. The van der Waals surface area contributed by atoms with E-state index in [4.69, 9.17) is 5.11 Å². The van der Waals surface area contributed by atoms with E-state index in [2.05, 4.69) is 5.32 Å². The summed E-state index contributed by atoms with van der Waals surface area (Å²) in [6.07, 6.45) is -3.63. The van der Waals surface area contributed by atoms with Crippen LogP contribution in [0.25, 0.3) is 0 Å². The van der Waals surface area contributed by atoms with Crippen LogP contribution in [0, 0.1) is 5.92 Å². The molecule has 0 spiro atoms. The Labute approximate surface area is 102 Å². The summed E-state index contributed by atoms with van der Waals surface area (Å²) in [7, 11) is 0. The molecule has 0 aliphatic heterocycles. The average Bonchev–Trinajstić information content (AvgIpc) is 2.92. The van der Waals surface area contributed by atoms with Gasteiger partial charge >= 0.3 is 12.1 Å². The van der Waals surface area contributed by atoms with E-state index < -0.39 is 17.7 Å². The van der Waals surface area contributed by atoms with Crippen LogP contribution < -0.4 is 5.32 Å². The fourth-order valence-corrected chi connectivity index (χ4v) is 1.75. The second-order valence-electron chi connectivity index (χ2n) is 4.53. The van der Waals surface area contributed by atoms with E-state index in [-0.39, 0.29) is 17.3 Å². The molecule has 3 nitrogen and oxygen atoms in total. The topological polar surface area (TPSA) is 49.3 Å². The number of hydrogen-bond donors (Lipinski definition) is 2. The third-order valence-corrected chi connectivity index (χ3v) is 3.03. The molecule has 1 aromatic carbocycles. The van der Waals surface area contributed by atoms with Crippen LogP contribution in [0.3, 0.4) is 0 Å². The first-order valence-corrected chi connectivity index (χ1v) is 5.50. The SMILES string of the molecule is CC1CC1Nc1ccc(C(F)(F)F)cc1C(=O)O. The van der Waals surface area contributed by atoms with Crippen LogP contribution in [0.4, 0.5) is 18.9 Å². The predicted molar refractivity (Wildman–Crippen MR) is 59.6 cm³/mol. The molecule has 0 bridgehead atoms. The van der Waals surface area contributed by atoms with Crippen LogP contribution in [0.15, 0.2) is 18.2 Å². The number of hydrogen-bond acceptors (Lipinski definition) is 2. The molecule has 1 fully saturated rings. The fraction of sp³-hybridized carbons (Fsp3) is 0.417. The Hall–Kier alpha value is -1.72. The molecule has 0 aromatic heterocycles. The first kappa shape index (κ1) is 12.7. The summed E-state index contributed by atoms with van der Waals surface area (Å²) in [5.74, 6) is -0.939. The molecule has 1 saturated carbocycles. The van der Waals surface area contributed by atoms with Gasteiger partial charge in [0.05, 0.1) is 11.1 Å². The maximum atomic E-state index is 12.5. The zero-order valence-electron chi connectivity index (χ0n) is 9.58. The van der Waals surface area contributed by atoms with Crippen LogP contribution in [0.1, 0.15) is 29.3 Å². The van der Waals surface area contributed by atoms with Crippen molar-refractivity contribution in [2.45, 2.75) is 25.6 Å². The van der Waals surface area contributed by atoms with Crippen LogP contribution in [-0.2, 0) is 6.18 Å². The Balaban J connectivity index is 2.32. The molecule has 2 rings (SSSR count). The molecular weight excluding hydrogens is 247 g/mol. The van der Waals surface area contributed by atoms with Gasteiger partial charge < -0.3 is 10.4 Å². The lowest BCUT2D eigenvalue weighted by Crippen LogP contribution is -2.12. The third-order valence-electron chi connectivity index (χ3n) is 3.03. The van der Waals surface area contributed by atoms with Crippen molar-refractivity contribution >= 4 is 11.7 Å². The Morgan fingerprint density at radius 3 is 2.50 bits per heavy atom. The monoisotopic (exact) mass is 259 g/mol. The molecule has 0 heterocycles. The van der Waals surface area contributed by atoms with E-state index >= 15 is 0 Å². The van der Waals surface area contributed by atoms with Crippen molar-refractivity contribution in [1.82, 2.24) is 0 Å². The van der Waals surface area contributed by atoms with Crippen molar-refractivity contribution < 1.29 is 23.1 Å². The summed E-state index contributed by atoms with van der Waals surface area (Å²) in [4.78, 5) is 11.0. The molecular formula is C12H12F3NO2. The Bertz CT molecular complexity index is 485. The molecule has 2 N–H and O–H groups in total. The summed E-state index contributed by atoms with van der Waals surface area (Å²) in [6.45, 7) is 1.99. The molecule has 2 unspecified atom stereocenters. The predicted octanol–water partition coefficient (Wildman–Crippen LogP) is 3.22. The summed E-state index contributed by atoms with van der Waals surface area (Å²) < 4.78 is 37.5. The molecule has 1 aromatic rings. The lowest BCUT2D eigenvalue weighted by atomic mass is 10.1. The number of alkyl halides is 3. The van der Waals surface area contributed by atoms with Gasteiger partial charge in [-0.05, 0) is 30.5 Å². The summed E-state index contributed by atoms with van der Waals surface area (Å²) in [5, 5.41) is 11.9. The normalized spacial score (nSPS) is 22.7. The van der Waals surface area contributed by atoms with E-state index in [1.807, 2.05) is 6.92 Å². The first-order valence-electron chi connectivity index (χ1n) is 5.50. The minimum absolute atomic E-state index is 0.153. The van der Waals surface area contributed by atoms with Gasteiger partial charge in [0.15, 0.2) is 0 Å². The van der Waals surface area contributed by atoms with Crippen molar-refractivity contribution in [2.24, 2.45) is 5.92 Å². The second kappa shape index (κ2) is 4.19. The molecule has 1 aliphatic rings. The van der Waals surface area contributed by atoms with E-state index in [9.17, 15) is 18.0 Å². The van der Waals surface area contributed by atoms with Crippen LogP contribution in [0.5, 0.6) is 0 Å². The molecule has 0 saturated heterocycles. The zero-order chi connectivity index (χ0) is 13.5. The Morgan fingerprint density at radius 2 is 2.06 bits per heavy atom. The van der Waals surface area contributed by atoms with Crippen LogP contribution >= 0.6 is 0 Å². The Morgan fingerprint density at radius 1 is 1.44 bits per heavy atom. The molecule has 6 heteroatoms. The van der Waals surface area contributed by atoms with Gasteiger partial charge in [0.1, 0.15) is 0 Å². The minimum atomic E-state index is -4.53. The van der Waals surface area contributed by atoms with E-state index in [1.165, 1.54) is 6.07 Å². The highest BCUT2D eigenvalue weighted by Gasteiger charge is 2.35. The van der Waals surface area contributed by atoms with Crippen molar-refractivity contribution in [3.8, 4) is 0 Å². The number of nitrogens with one attached hydrogen (secondary N) is 1. The molecule has 2 atom stereocenters. The second-order valence-corrected chi connectivity index (χ2v) is 4.53. The molecule has 18 heavy (non-hydrogen) atoms. The zero-order valence-corrected chi connectivity index (χ0v) is 9.58. The number of halogens is 3. The smallest absolute Gasteiger partial charge is 0.416 e. The lowest BCUT2D eigenvalue weighted by molar-refractivity contribution is -0.137. The summed E-state index contributed by atoms with van der Waals surface area (Å²) >= 11 is 0. The van der Waals surface area contributed by atoms with E-state index in [1.54, 1.807) is 0 Å². The van der Waals surface area contributed by atoms with Gasteiger partial charge in [-0.15, -0.1) is 0 Å². The summed E-state index contributed by atoms with van der Waals surface area (Å²) in [6, 6.07) is 2.89. The van der Waals surface area contributed by atoms with Gasteiger partial charge in [-0.25, -0.2) is 4.79 Å². The first-order chi connectivity index (χ1) is 8.29. The van der Waals surface area contributed by atoms with Crippen molar-refractivity contribution in [2.75, 3.05) is 5.32 Å². The minimum Gasteiger partial charge on any atom is -0.478 e. The van der Waals surface area contributed by atoms with Crippen LogP contribution in [-0.4, -0.2) is 17.1 Å². The lowest BCUT2D eigenvalue weighted by Gasteiger charge is -2.12. The van der Waals surface area contributed by atoms with Crippen molar-refractivity contribution in [1.29, 1.82) is 0 Å². The average molecular weight is 259 g/mol. The maximum Gasteiger partial charge on any atom is 0.416 e. The number of carboxylic acid groups (broad SMARTS) is 1. The van der Waals surface area contributed by atoms with Gasteiger partial charge in [0.25, 0.3) is 0 Å². The number of rotatable bonds is 3. The molecule has 0 radical (unpaired) electrons. The van der Waals surface area contributed by atoms with Crippen molar-refractivity contribution in [3.05, 3.63) is 29.3 Å². The largest absolute Gasteiger partial charge is 0.478 e. The van der Waals surface area contributed by atoms with Crippen LogP contribution in [0.2, 0.25) is 0 Å². The highest BCUT2D eigenvalue weighted by atomic mass is 19.4. The van der Waals surface area contributed by atoms with Gasteiger partial charge in [-0.3, -0.25) is 0 Å². The number of anilines is 1. The van der Waals surface area contributed by atoms with E-state index in [0.29, 0.717) is 12.0 Å². The highest BCUT2D eigenvalue weighted by Crippen LogP contribution is 2.36. The quantitative estimate of drug-likeness (QED) is 0.876. The maximum absolute atomic E-state index is 12.5. The fourth-order valence-electron chi connectivity index (χ4n) is 1.75. The third kappa shape index (κ3) is 2.57. The molecule has 98 valence electrons. The number of aromatic carboxylic acids is 1. The van der Waals surface area contributed by atoms with Gasteiger partial charge in [-0.2, -0.15) is 13.2 Å². The Kier molecular flexibility index (Phi) is 2.96. The number of carboxylic acids is 1. The van der Waals surface area contributed by atoms with Gasteiger partial charge in [0.2, 0.25) is 0 Å².